The minimum absolute atomic E-state index is 0.117. The molecule has 0 radical (unpaired) electrons. The summed E-state index contributed by atoms with van der Waals surface area (Å²) >= 11 is 0. The fourth-order valence-electron chi connectivity index (χ4n) is 1.86. The third-order valence-corrected chi connectivity index (χ3v) is 3.98. The number of nitrogens with two attached hydrogens (primary N) is 1. The Balaban J connectivity index is 2.22. The summed E-state index contributed by atoms with van der Waals surface area (Å²) in [5.41, 5.74) is 6.85. The third kappa shape index (κ3) is 4.09. The molecule has 7 heteroatoms. The van der Waals surface area contributed by atoms with E-state index in [0.29, 0.717) is 11.3 Å². The van der Waals surface area contributed by atoms with Crippen LogP contribution in [-0.4, -0.2) is 15.5 Å². The molecule has 2 rings (SSSR count). The van der Waals surface area contributed by atoms with Gasteiger partial charge in [0.15, 0.2) is 0 Å². The zero-order valence-corrected chi connectivity index (χ0v) is 12.2. The molecule has 0 saturated carbocycles. The number of nitrogens with one attached hydrogen (secondary N) is 1. The van der Waals surface area contributed by atoms with Gasteiger partial charge < -0.3 is 10.5 Å². The first-order valence-corrected chi connectivity index (χ1v) is 7.73. The molecule has 0 heterocycles. The van der Waals surface area contributed by atoms with Gasteiger partial charge in [0.25, 0.3) is 0 Å². The summed E-state index contributed by atoms with van der Waals surface area (Å²) in [6.45, 7) is 0. The highest BCUT2D eigenvalue weighted by atomic mass is 32.2. The first kappa shape index (κ1) is 15.1. The van der Waals surface area contributed by atoms with E-state index in [4.69, 9.17) is 10.5 Å². The second-order valence-electron chi connectivity index (χ2n) is 4.45. The van der Waals surface area contributed by atoms with E-state index in [1.54, 1.807) is 24.3 Å². The summed E-state index contributed by atoms with van der Waals surface area (Å²) < 4.78 is 44.7. The van der Waals surface area contributed by atoms with Gasteiger partial charge in [-0.25, -0.2) is 12.8 Å². The lowest BCUT2D eigenvalue weighted by atomic mass is 10.2. The van der Waals surface area contributed by atoms with E-state index in [0.717, 1.165) is 12.1 Å². The topological polar surface area (TPSA) is 81.4 Å². The number of hydrogen-bond acceptors (Lipinski definition) is 4. The highest BCUT2D eigenvalue weighted by Crippen LogP contribution is 2.26. The molecule has 0 aliphatic heterocycles. The molecule has 21 heavy (non-hydrogen) atoms. The summed E-state index contributed by atoms with van der Waals surface area (Å²) in [6.07, 6.45) is 0. The van der Waals surface area contributed by atoms with Crippen LogP contribution in [0, 0.1) is 5.82 Å². The highest BCUT2D eigenvalue weighted by molar-refractivity contribution is 7.91. The Morgan fingerprint density at radius 1 is 1.24 bits per heavy atom. The van der Waals surface area contributed by atoms with Crippen LogP contribution in [0.25, 0.3) is 0 Å². The monoisotopic (exact) mass is 310 g/mol. The van der Waals surface area contributed by atoms with E-state index in [2.05, 4.69) is 4.72 Å². The number of hydrogen-bond donors (Lipinski definition) is 2. The Hall–Kier alpha value is -2.28. The van der Waals surface area contributed by atoms with Crippen LogP contribution in [0.2, 0.25) is 0 Å². The summed E-state index contributed by atoms with van der Waals surface area (Å²) in [7, 11) is -2.32. The summed E-state index contributed by atoms with van der Waals surface area (Å²) in [4.78, 5) is 0. The lowest BCUT2D eigenvalue weighted by Gasteiger charge is -2.12. The molecule has 0 aromatic heterocycles. The van der Waals surface area contributed by atoms with Crippen molar-refractivity contribution in [2.75, 3.05) is 17.6 Å². The molecule has 0 unspecified atom stereocenters. The zero-order valence-electron chi connectivity index (χ0n) is 11.3. The van der Waals surface area contributed by atoms with Gasteiger partial charge in [-0.1, -0.05) is 12.1 Å². The molecule has 0 spiro atoms. The third-order valence-electron chi connectivity index (χ3n) is 2.74. The summed E-state index contributed by atoms with van der Waals surface area (Å²) in [5, 5.41) is 0. The number of halogens is 1. The van der Waals surface area contributed by atoms with Crippen LogP contribution >= 0.6 is 0 Å². The lowest BCUT2D eigenvalue weighted by molar-refractivity contribution is 0.413. The van der Waals surface area contributed by atoms with Crippen molar-refractivity contribution in [3.05, 3.63) is 53.8 Å². The number of rotatable bonds is 5. The molecule has 2 aromatic rings. The molecular formula is C14H15FN2O3S. The first-order valence-electron chi connectivity index (χ1n) is 6.08. The molecule has 0 atom stereocenters. The van der Waals surface area contributed by atoms with Crippen molar-refractivity contribution in [2.24, 2.45) is 0 Å². The van der Waals surface area contributed by atoms with E-state index < -0.39 is 15.8 Å². The molecule has 2 aromatic carbocycles. The molecular weight excluding hydrogens is 295 g/mol. The van der Waals surface area contributed by atoms with Crippen molar-refractivity contribution in [3.8, 4) is 5.75 Å². The van der Waals surface area contributed by atoms with Crippen molar-refractivity contribution in [1.82, 2.24) is 0 Å². The predicted octanol–water partition coefficient (Wildman–Crippen LogP) is 2.36. The van der Waals surface area contributed by atoms with Crippen LogP contribution in [0.5, 0.6) is 5.75 Å². The number of sulfonamides is 1. The number of benzene rings is 2. The van der Waals surface area contributed by atoms with Gasteiger partial charge >= 0.3 is 0 Å². The molecule has 0 aliphatic carbocycles. The minimum atomic E-state index is -3.66. The van der Waals surface area contributed by atoms with E-state index in [9.17, 15) is 12.8 Å². The zero-order chi connectivity index (χ0) is 15.5. The van der Waals surface area contributed by atoms with Crippen molar-refractivity contribution in [2.45, 2.75) is 5.75 Å². The van der Waals surface area contributed by atoms with Crippen LogP contribution < -0.4 is 15.2 Å². The first-order chi connectivity index (χ1) is 9.89. The molecule has 0 saturated heterocycles. The van der Waals surface area contributed by atoms with E-state index in [1.165, 1.54) is 13.2 Å². The second-order valence-corrected chi connectivity index (χ2v) is 6.17. The SMILES string of the molecule is COc1cc(F)ccc1NS(=O)(=O)Cc1cccc(N)c1. The summed E-state index contributed by atoms with van der Waals surface area (Å²) in [6, 6.07) is 10.2. The molecule has 0 bridgehead atoms. The van der Waals surface area contributed by atoms with Crippen molar-refractivity contribution < 1.29 is 17.5 Å². The quantitative estimate of drug-likeness (QED) is 0.831. The fraction of sp³-hybridized carbons (Fsp3) is 0.143. The van der Waals surface area contributed by atoms with Crippen LogP contribution in [0.15, 0.2) is 42.5 Å². The predicted molar refractivity (Wildman–Crippen MR) is 80.1 cm³/mol. The summed E-state index contributed by atoms with van der Waals surface area (Å²) in [5.74, 6) is -0.629. The number of nitrogen functional groups attached to an aromatic ring is 1. The normalized spacial score (nSPS) is 11.1. The average molecular weight is 310 g/mol. The van der Waals surface area contributed by atoms with Gasteiger partial charge in [0.2, 0.25) is 10.0 Å². The van der Waals surface area contributed by atoms with Crippen LogP contribution in [0.4, 0.5) is 15.8 Å². The van der Waals surface area contributed by atoms with Gasteiger partial charge in [-0.3, -0.25) is 4.72 Å². The van der Waals surface area contributed by atoms with Gasteiger partial charge in [0.05, 0.1) is 18.6 Å². The van der Waals surface area contributed by atoms with Crippen LogP contribution in [0.1, 0.15) is 5.56 Å². The smallest absolute Gasteiger partial charge is 0.237 e. The maximum Gasteiger partial charge on any atom is 0.237 e. The number of anilines is 2. The van der Waals surface area contributed by atoms with Gasteiger partial charge in [0, 0.05) is 11.8 Å². The van der Waals surface area contributed by atoms with Crippen molar-refractivity contribution in [3.63, 3.8) is 0 Å². The Morgan fingerprint density at radius 2 is 2.00 bits per heavy atom. The van der Waals surface area contributed by atoms with Crippen LogP contribution in [-0.2, 0) is 15.8 Å². The minimum Gasteiger partial charge on any atom is -0.494 e. The standard InChI is InChI=1S/C14H15FN2O3S/c1-20-14-8-11(15)5-6-13(14)17-21(18,19)9-10-3-2-4-12(16)7-10/h2-8,17H,9,16H2,1H3. The Morgan fingerprint density at radius 3 is 2.67 bits per heavy atom. The van der Waals surface area contributed by atoms with Crippen molar-refractivity contribution >= 4 is 21.4 Å². The Labute approximate surface area is 122 Å². The molecule has 112 valence electrons. The second kappa shape index (κ2) is 6.01. The average Bonchev–Trinajstić information content (AvgIpc) is 2.40. The Kier molecular flexibility index (Phi) is 4.32. The van der Waals surface area contributed by atoms with Crippen molar-refractivity contribution in [1.29, 1.82) is 0 Å². The molecule has 3 N–H and O–H groups in total. The van der Waals surface area contributed by atoms with Gasteiger partial charge in [-0.2, -0.15) is 0 Å². The highest BCUT2D eigenvalue weighted by Gasteiger charge is 2.15. The van der Waals surface area contributed by atoms with E-state index in [1.807, 2.05) is 0 Å². The maximum atomic E-state index is 13.1. The molecule has 0 amide bonds. The van der Waals surface area contributed by atoms with Gasteiger partial charge in [-0.15, -0.1) is 0 Å². The molecule has 0 aliphatic rings. The Bertz CT molecular complexity index is 748. The number of methoxy groups -OCH3 is 1. The molecule has 0 fully saturated rings. The van der Waals surface area contributed by atoms with E-state index >= 15 is 0 Å². The van der Waals surface area contributed by atoms with Crippen LogP contribution in [0.3, 0.4) is 0 Å². The molecule has 5 nitrogen and oxygen atoms in total. The maximum absolute atomic E-state index is 13.1. The van der Waals surface area contributed by atoms with Gasteiger partial charge in [0.1, 0.15) is 11.6 Å². The van der Waals surface area contributed by atoms with E-state index in [-0.39, 0.29) is 17.2 Å². The lowest BCUT2D eigenvalue weighted by Crippen LogP contribution is -2.15. The largest absolute Gasteiger partial charge is 0.494 e. The van der Waals surface area contributed by atoms with Gasteiger partial charge in [-0.05, 0) is 29.8 Å². The number of ether oxygens (including phenoxy) is 1. The fourth-order valence-corrected chi connectivity index (χ4v) is 3.05.